The second-order valence-corrected chi connectivity index (χ2v) is 10.2. The molecule has 1 aromatic carbocycles. The summed E-state index contributed by atoms with van der Waals surface area (Å²) in [6.07, 6.45) is 0.994. The first-order valence-corrected chi connectivity index (χ1v) is 11.9. The molecule has 3 saturated heterocycles. The quantitative estimate of drug-likeness (QED) is 0.580. The summed E-state index contributed by atoms with van der Waals surface area (Å²) in [7, 11) is 0. The lowest BCUT2D eigenvalue weighted by atomic mass is 9.62. The molecule has 0 aromatic heterocycles. The molecule has 3 amide bonds. The summed E-state index contributed by atoms with van der Waals surface area (Å²) in [5.41, 5.74) is -1.33. The SMILES string of the molecule is CC[C@@H](CO)N1C(=O)[C@@H]2[C@H](C(=O)Nc3ccccc3)[C@@]3(C)OC2(CC3C)C1C(=O)NC(C)C. The lowest BCUT2D eigenvalue weighted by molar-refractivity contribution is -0.150. The minimum Gasteiger partial charge on any atom is -0.394 e. The maximum atomic E-state index is 13.9. The smallest absolute Gasteiger partial charge is 0.246 e. The van der Waals surface area contributed by atoms with Crippen LogP contribution in [0.5, 0.6) is 0 Å². The van der Waals surface area contributed by atoms with Crippen LogP contribution in [-0.4, -0.2) is 63.7 Å². The van der Waals surface area contributed by atoms with Crippen LogP contribution in [0, 0.1) is 17.8 Å². The topological polar surface area (TPSA) is 108 Å². The Hall–Kier alpha value is -2.45. The molecule has 0 saturated carbocycles. The molecular formula is C25H35N3O5. The summed E-state index contributed by atoms with van der Waals surface area (Å²) < 4.78 is 6.64. The van der Waals surface area contributed by atoms with Gasteiger partial charge in [-0.05, 0) is 51.7 Å². The first-order chi connectivity index (χ1) is 15.6. The summed E-state index contributed by atoms with van der Waals surface area (Å²) in [5.74, 6) is -2.43. The average Bonchev–Trinajstić information content (AvgIpc) is 3.27. The molecule has 180 valence electrons. The standard InChI is InChI=1S/C25H35N3O5/c1-6-17(13-29)28-20(22(31)26-14(2)3)25-12-15(4)24(5,33-25)18(19(25)23(28)32)21(30)27-16-10-8-7-9-11-16/h7-11,14-15,17-20,29H,6,12-13H2,1-5H3,(H,26,31)(H,27,30)/t15?,17-,18+,19-,20?,24-,25?/m0/s1. The molecule has 8 heteroatoms. The van der Waals surface area contributed by atoms with Crippen LogP contribution in [0.15, 0.2) is 30.3 Å². The number of nitrogens with zero attached hydrogens (tertiary/aromatic N) is 1. The highest BCUT2D eigenvalue weighted by molar-refractivity contribution is 6.02. The highest BCUT2D eigenvalue weighted by Crippen LogP contribution is 2.65. The number of fused-ring (bicyclic) bond motifs is 1. The van der Waals surface area contributed by atoms with Gasteiger partial charge < -0.3 is 25.4 Å². The fourth-order valence-corrected chi connectivity index (χ4v) is 6.29. The van der Waals surface area contributed by atoms with E-state index >= 15 is 0 Å². The summed E-state index contributed by atoms with van der Waals surface area (Å²) in [6, 6.07) is 7.59. The van der Waals surface area contributed by atoms with E-state index in [1.54, 1.807) is 12.1 Å². The zero-order chi connectivity index (χ0) is 24.1. The molecule has 2 bridgehead atoms. The number of anilines is 1. The van der Waals surface area contributed by atoms with E-state index in [-0.39, 0.29) is 36.3 Å². The molecule has 3 N–H and O–H groups in total. The van der Waals surface area contributed by atoms with E-state index in [0.29, 0.717) is 18.5 Å². The number of carbonyl (C=O) groups is 3. The predicted octanol–water partition coefficient (Wildman–Crippen LogP) is 1.93. The van der Waals surface area contributed by atoms with Gasteiger partial charge in [0.25, 0.3) is 0 Å². The predicted molar refractivity (Wildman–Crippen MR) is 123 cm³/mol. The van der Waals surface area contributed by atoms with Crippen molar-refractivity contribution >= 4 is 23.4 Å². The fraction of sp³-hybridized carbons (Fsp3) is 0.640. The van der Waals surface area contributed by atoms with Gasteiger partial charge in [0, 0.05) is 11.7 Å². The second-order valence-electron chi connectivity index (χ2n) is 10.2. The van der Waals surface area contributed by atoms with E-state index in [1.165, 1.54) is 4.90 Å². The Balaban J connectivity index is 1.79. The Labute approximate surface area is 195 Å². The highest BCUT2D eigenvalue weighted by atomic mass is 16.5. The number of hydrogen-bond acceptors (Lipinski definition) is 5. The van der Waals surface area contributed by atoms with Gasteiger partial charge in [-0.1, -0.05) is 32.0 Å². The molecule has 7 atom stereocenters. The van der Waals surface area contributed by atoms with Crippen molar-refractivity contribution in [3.8, 4) is 0 Å². The van der Waals surface area contributed by atoms with Crippen molar-refractivity contribution in [2.45, 2.75) is 76.8 Å². The molecule has 4 rings (SSSR count). The molecule has 8 nitrogen and oxygen atoms in total. The number of aliphatic hydroxyl groups is 1. The number of aliphatic hydroxyl groups excluding tert-OH is 1. The van der Waals surface area contributed by atoms with E-state index in [1.807, 2.05) is 52.8 Å². The number of amides is 3. The monoisotopic (exact) mass is 457 g/mol. The van der Waals surface area contributed by atoms with Gasteiger partial charge in [-0.25, -0.2) is 0 Å². The van der Waals surface area contributed by atoms with Crippen LogP contribution in [0.2, 0.25) is 0 Å². The van der Waals surface area contributed by atoms with Gasteiger partial charge >= 0.3 is 0 Å². The Morgan fingerprint density at radius 2 is 1.91 bits per heavy atom. The second kappa shape index (κ2) is 8.40. The minimum absolute atomic E-state index is 0.0309. The van der Waals surface area contributed by atoms with Crippen LogP contribution in [0.1, 0.15) is 47.5 Å². The first-order valence-electron chi connectivity index (χ1n) is 11.9. The van der Waals surface area contributed by atoms with Gasteiger partial charge in [-0.2, -0.15) is 0 Å². The normalized spacial score (nSPS) is 35.6. The van der Waals surface area contributed by atoms with Crippen molar-refractivity contribution in [2.24, 2.45) is 17.8 Å². The first kappa shape index (κ1) is 23.7. The van der Waals surface area contributed by atoms with Crippen molar-refractivity contribution in [3.63, 3.8) is 0 Å². The number of nitrogens with one attached hydrogen (secondary N) is 2. The molecule has 33 heavy (non-hydrogen) atoms. The number of benzene rings is 1. The summed E-state index contributed by atoms with van der Waals surface area (Å²) in [6.45, 7) is 9.25. The number of ether oxygens (including phenoxy) is 1. The molecule has 3 aliphatic heterocycles. The van der Waals surface area contributed by atoms with Crippen molar-refractivity contribution in [1.29, 1.82) is 0 Å². The van der Waals surface area contributed by atoms with Crippen molar-refractivity contribution in [2.75, 3.05) is 11.9 Å². The number of likely N-dealkylation sites (tertiary alicyclic amines) is 1. The Morgan fingerprint density at radius 3 is 2.48 bits per heavy atom. The van der Waals surface area contributed by atoms with Gasteiger partial charge in [0.15, 0.2) is 0 Å². The third-order valence-electron chi connectivity index (χ3n) is 7.83. The lowest BCUT2D eigenvalue weighted by Gasteiger charge is -2.37. The lowest BCUT2D eigenvalue weighted by Crippen LogP contribution is -2.58. The number of para-hydroxylation sites is 1. The largest absolute Gasteiger partial charge is 0.394 e. The zero-order valence-corrected chi connectivity index (χ0v) is 20.0. The fourth-order valence-electron chi connectivity index (χ4n) is 6.29. The third kappa shape index (κ3) is 3.46. The molecule has 3 heterocycles. The van der Waals surface area contributed by atoms with Gasteiger partial charge in [-0.15, -0.1) is 0 Å². The van der Waals surface area contributed by atoms with E-state index in [4.69, 9.17) is 4.74 Å². The third-order valence-corrected chi connectivity index (χ3v) is 7.83. The van der Waals surface area contributed by atoms with Crippen molar-refractivity contribution in [1.82, 2.24) is 10.2 Å². The summed E-state index contributed by atoms with van der Waals surface area (Å²) in [4.78, 5) is 42.5. The average molecular weight is 458 g/mol. The van der Waals surface area contributed by atoms with Crippen LogP contribution >= 0.6 is 0 Å². The molecular weight excluding hydrogens is 422 g/mol. The Morgan fingerprint density at radius 1 is 1.24 bits per heavy atom. The summed E-state index contributed by atoms with van der Waals surface area (Å²) in [5, 5.41) is 15.9. The Bertz CT molecular complexity index is 933. The zero-order valence-electron chi connectivity index (χ0n) is 20.0. The van der Waals surface area contributed by atoms with Gasteiger partial charge in [0.1, 0.15) is 11.6 Å². The summed E-state index contributed by atoms with van der Waals surface area (Å²) >= 11 is 0. The molecule has 0 radical (unpaired) electrons. The molecule has 0 aliphatic carbocycles. The number of hydrogen-bond donors (Lipinski definition) is 3. The van der Waals surface area contributed by atoms with Gasteiger partial charge in [-0.3, -0.25) is 14.4 Å². The van der Waals surface area contributed by atoms with E-state index < -0.39 is 35.1 Å². The van der Waals surface area contributed by atoms with Crippen LogP contribution < -0.4 is 10.6 Å². The van der Waals surface area contributed by atoms with Crippen molar-refractivity contribution in [3.05, 3.63) is 30.3 Å². The highest BCUT2D eigenvalue weighted by Gasteiger charge is 2.80. The molecule has 3 fully saturated rings. The maximum Gasteiger partial charge on any atom is 0.246 e. The molecule has 3 aliphatic rings. The molecule has 1 spiro atoms. The van der Waals surface area contributed by atoms with Crippen LogP contribution in [0.25, 0.3) is 0 Å². The Kier molecular flexibility index (Phi) is 6.03. The van der Waals surface area contributed by atoms with Gasteiger partial charge in [0.05, 0.1) is 30.1 Å². The number of carbonyl (C=O) groups excluding carboxylic acids is 3. The van der Waals surface area contributed by atoms with Crippen LogP contribution in [0.3, 0.4) is 0 Å². The van der Waals surface area contributed by atoms with E-state index in [0.717, 1.165) is 0 Å². The van der Waals surface area contributed by atoms with Crippen LogP contribution in [0.4, 0.5) is 5.69 Å². The van der Waals surface area contributed by atoms with E-state index in [9.17, 15) is 19.5 Å². The maximum absolute atomic E-state index is 13.9. The molecule has 3 unspecified atom stereocenters. The minimum atomic E-state index is -1.11. The van der Waals surface area contributed by atoms with Crippen molar-refractivity contribution < 1.29 is 24.2 Å². The van der Waals surface area contributed by atoms with E-state index in [2.05, 4.69) is 10.6 Å². The molecule has 1 aromatic rings. The number of rotatable bonds is 7. The van der Waals surface area contributed by atoms with Crippen LogP contribution in [-0.2, 0) is 19.1 Å². The van der Waals surface area contributed by atoms with Gasteiger partial charge in [0.2, 0.25) is 17.7 Å².